The maximum atomic E-state index is 12.8. The Morgan fingerprint density at radius 2 is 1.11 bits per heavy atom. The van der Waals surface area contributed by atoms with Gasteiger partial charge in [0.15, 0.2) is 0 Å². The number of benzene rings is 2. The van der Waals surface area contributed by atoms with Crippen LogP contribution in [0.1, 0.15) is 29.8 Å². The highest BCUT2D eigenvalue weighted by Crippen LogP contribution is 2.30. The minimum absolute atomic E-state index is 0.103. The zero-order chi connectivity index (χ0) is 21.0. The Hall–Kier alpha value is -4.15. The summed E-state index contributed by atoms with van der Waals surface area (Å²) in [7, 11) is 0. The van der Waals surface area contributed by atoms with Crippen LogP contribution in [-0.2, 0) is 9.59 Å². The van der Waals surface area contributed by atoms with Gasteiger partial charge in [0.1, 0.15) is 11.1 Å². The lowest BCUT2D eigenvalue weighted by atomic mass is 9.99. The molecule has 0 saturated carbocycles. The summed E-state index contributed by atoms with van der Waals surface area (Å²) in [6.07, 6.45) is 0. The predicted molar refractivity (Wildman–Crippen MR) is 98.2 cm³/mol. The molecule has 0 spiro atoms. The van der Waals surface area contributed by atoms with Crippen LogP contribution in [0.15, 0.2) is 36.4 Å². The third-order valence-electron chi connectivity index (χ3n) is 3.52. The molecule has 2 amide bonds. The molecule has 0 fully saturated rings. The van der Waals surface area contributed by atoms with Gasteiger partial charge in [0.2, 0.25) is 17.6 Å². The van der Waals surface area contributed by atoms with Crippen molar-refractivity contribution in [1.82, 2.24) is 0 Å². The molecule has 0 aliphatic rings. The van der Waals surface area contributed by atoms with Crippen molar-refractivity contribution < 1.29 is 24.2 Å². The van der Waals surface area contributed by atoms with Gasteiger partial charge in [0, 0.05) is 37.4 Å². The molecular formula is C17H14N4O7. The highest BCUT2D eigenvalue weighted by molar-refractivity contribution is 6.14. The number of anilines is 2. The number of carbonyl (C=O) groups is 3. The van der Waals surface area contributed by atoms with E-state index in [4.69, 9.17) is 0 Å². The van der Waals surface area contributed by atoms with Crippen LogP contribution in [0.2, 0.25) is 0 Å². The van der Waals surface area contributed by atoms with Gasteiger partial charge in [-0.2, -0.15) is 0 Å². The fraction of sp³-hybridized carbons (Fsp3) is 0.118. The highest BCUT2D eigenvalue weighted by atomic mass is 16.6. The number of hydrogen-bond donors (Lipinski definition) is 2. The van der Waals surface area contributed by atoms with E-state index in [9.17, 15) is 34.6 Å². The van der Waals surface area contributed by atoms with Gasteiger partial charge < -0.3 is 10.6 Å². The summed E-state index contributed by atoms with van der Waals surface area (Å²) in [6, 6.07) is 6.75. The van der Waals surface area contributed by atoms with E-state index in [1.165, 1.54) is 26.0 Å². The van der Waals surface area contributed by atoms with Crippen molar-refractivity contribution in [3.05, 3.63) is 67.8 Å². The van der Waals surface area contributed by atoms with Gasteiger partial charge in [-0.25, -0.2) is 0 Å². The van der Waals surface area contributed by atoms with E-state index >= 15 is 0 Å². The molecule has 28 heavy (non-hydrogen) atoms. The van der Waals surface area contributed by atoms with E-state index < -0.39 is 38.8 Å². The summed E-state index contributed by atoms with van der Waals surface area (Å²) in [5.74, 6) is -1.86. The van der Waals surface area contributed by atoms with Crippen LogP contribution in [0.4, 0.5) is 22.7 Å². The molecule has 0 saturated heterocycles. The first-order valence-electron chi connectivity index (χ1n) is 7.77. The Morgan fingerprint density at radius 1 is 0.750 bits per heavy atom. The number of carbonyl (C=O) groups excluding carboxylic acids is 3. The van der Waals surface area contributed by atoms with E-state index in [1.807, 2.05) is 0 Å². The summed E-state index contributed by atoms with van der Waals surface area (Å²) >= 11 is 0. The average molecular weight is 386 g/mol. The van der Waals surface area contributed by atoms with Crippen LogP contribution in [0.3, 0.4) is 0 Å². The number of amides is 2. The second-order valence-electron chi connectivity index (χ2n) is 5.67. The Kier molecular flexibility index (Phi) is 5.79. The van der Waals surface area contributed by atoms with Crippen LogP contribution < -0.4 is 10.6 Å². The zero-order valence-electron chi connectivity index (χ0n) is 14.7. The maximum absolute atomic E-state index is 12.8. The molecule has 0 aliphatic heterocycles. The Labute approximate surface area is 157 Å². The van der Waals surface area contributed by atoms with Crippen LogP contribution in [0.5, 0.6) is 0 Å². The number of nitro groups is 2. The number of nitrogens with one attached hydrogen (secondary N) is 2. The van der Waals surface area contributed by atoms with Crippen LogP contribution in [0.25, 0.3) is 0 Å². The third kappa shape index (κ3) is 4.52. The van der Waals surface area contributed by atoms with Gasteiger partial charge >= 0.3 is 0 Å². The minimum atomic E-state index is -0.942. The molecule has 144 valence electrons. The van der Waals surface area contributed by atoms with Crippen LogP contribution >= 0.6 is 0 Å². The molecule has 2 aromatic carbocycles. The summed E-state index contributed by atoms with van der Waals surface area (Å²) in [5, 5.41) is 27.4. The predicted octanol–water partition coefficient (Wildman–Crippen LogP) is 2.65. The number of rotatable bonds is 6. The second-order valence-corrected chi connectivity index (χ2v) is 5.67. The standard InChI is InChI=1S/C17H14N4O7/c1-9(22)18-11-3-5-13(15(7-11)20(25)26)17(24)14-6-4-12(19-10(2)23)8-16(14)21(27)28/h3-8H,1-2H3,(H,18,22)(H,19,23). The molecule has 0 bridgehead atoms. The molecule has 0 atom stereocenters. The van der Waals surface area contributed by atoms with Crippen molar-refractivity contribution in [1.29, 1.82) is 0 Å². The average Bonchev–Trinajstić information content (AvgIpc) is 2.59. The molecule has 2 rings (SSSR count). The first-order valence-corrected chi connectivity index (χ1v) is 7.77. The van der Waals surface area contributed by atoms with Crippen molar-refractivity contribution in [3.8, 4) is 0 Å². The highest BCUT2D eigenvalue weighted by Gasteiger charge is 2.28. The van der Waals surface area contributed by atoms with E-state index in [-0.39, 0.29) is 22.5 Å². The molecule has 11 nitrogen and oxygen atoms in total. The fourth-order valence-electron chi connectivity index (χ4n) is 2.46. The topological polar surface area (TPSA) is 162 Å². The molecule has 0 unspecified atom stereocenters. The third-order valence-corrected chi connectivity index (χ3v) is 3.52. The largest absolute Gasteiger partial charge is 0.326 e. The summed E-state index contributed by atoms with van der Waals surface area (Å²) in [5.41, 5.74) is -1.78. The van der Waals surface area contributed by atoms with Crippen LogP contribution in [-0.4, -0.2) is 27.4 Å². The Bertz CT molecular complexity index is 937. The van der Waals surface area contributed by atoms with Gasteiger partial charge in [0.05, 0.1) is 9.85 Å². The first-order chi connectivity index (χ1) is 13.1. The molecule has 0 heterocycles. The number of nitro benzene ring substituents is 2. The molecule has 11 heteroatoms. The SMILES string of the molecule is CC(=O)Nc1ccc(C(=O)c2ccc(NC(C)=O)cc2[N+](=O)[O-])c([N+](=O)[O-])c1. The molecule has 0 aromatic heterocycles. The number of nitrogens with zero attached hydrogens (tertiary/aromatic N) is 2. The molecule has 0 aliphatic carbocycles. The van der Waals surface area contributed by atoms with Crippen LogP contribution in [0, 0.1) is 20.2 Å². The van der Waals surface area contributed by atoms with Gasteiger partial charge in [-0.15, -0.1) is 0 Å². The van der Waals surface area contributed by atoms with E-state index in [0.29, 0.717) is 0 Å². The fourth-order valence-corrected chi connectivity index (χ4v) is 2.46. The van der Waals surface area contributed by atoms with E-state index in [0.717, 1.165) is 24.3 Å². The van der Waals surface area contributed by atoms with Crippen molar-refractivity contribution in [2.24, 2.45) is 0 Å². The quantitative estimate of drug-likeness (QED) is 0.438. The smallest absolute Gasteiger partial charge is 0.282 e. The number of ketones is 1. The van der Waals surface area contributed by atoms with Gasteiger partial charge in [-0.1, -0.05) is 0 Å². The van der Waals surface area contributed by atoms with Crippen molar-refractivity contribution in [2.75, 3.05) is 10.6 Å². The molecule has 2 aromatic rings. The zero-order valence-corrected chi connectivity index (χ0v) is 14.7. The lowest BCUT2D eigenvalue weighted by Crippen LogP contribution is -2.11. The lowest BCUT2D eigenvalue weighted by Gasteiger charge is -2.08. The Morgan fingerprint density at radius 3 is 1.39 bits per heavy atom. The first kappa shape index (κ1) is 20.2. The van der Waals surface area contributed by atoms with E-state index in [2.05, 4.69) is 10.6 Å². The lowest BCUT2D eigenvalue weighted by molar-refractivity contribution is -0.385. The Balaban J connectivity index is 2.56. The summed E-state index contributed by atoms with van der Waals surface area (Å²) < 4.78 is 0. The molecule has 0 radical (unpaired) electrons. The van der Waals surface area contributed by atoms with E-state index in [1.54, 1.807) is 0 Å². The van der Waals surface area contributed by atoms with Gasteiger partial charge in [-0.05, 0) is 24.3 Å². The summed E-state index contributed by atoms with van der Waals surface area (Å²) in [4.78, 5) is 56.1. The second kappa shape index (κ2) is 8.03. The van der Waals surface area contributed by atoms with Crippen molar-refractivity contribution in [2.45, 2.75) is 13.8 Å². The van der Waals surface area contributed by atoms with Crippen molar-refractivity contribution >= 4 is 40.3 Å². The maximum Gasteiger partial charge on any atom is 0.282 e. The minimum Gasteiger partial charge on any atom is -0.326 e. The monoisotopic (exact) mass is 386 g/mol. The molecular weight excluding hydrogens is 372 g/mol. The number of hydrogen-bond acceptors (Lipinski definition) is 7. The molecule has 2 N–H and O–H groups in total. The van der Waals surface area contributed by atoms with Crippen molar-refractivity contribution in [3.63, 3.8) is 0 Å². The van der Waals surface area contributed by atoms with Gasteiger partial charge in [-0.3, -0.25) is 34.6 Å². The van der Waals surface area contributed by atoms with Gasteiger partial charge in [0.25, 0.3) is 11.4 Å². The normalized spacial score (nSPS) is 10.1. The summed E-state index contributed by atoms with van der Waals surface area (Å²) in [6.45, 7) is 2.43.